The van der Waals surface area contributed by atoms with Crippen LogP contribution in [0.15, 0.2) is 61.3 Å². The Bertz CT molecular complexity index is 898. The second-order valence-electron chi connectivity index (χ2n) is 7.05. The largest absolute Gasteiger partial charge is 0.351 e. The number of benzene rings is 1. The summed E-state index contributed by atoms with van der Waals surface area (Å²) in [5.74, 6) is 0.329. The normalized spacial score (nSPS) is 15.6. The summed E-state index contributed by atoms with van der Waals surface area (Å²) in [5.41, 5.74) is 1.49. The number of amides is 1. The van der Waals surface area contributed by atoms with E-state index in [9.17, 15) is 9.18 Å². The smallest absolute Gasteiger partial charge is 0.252 e. The van der Waals surface area contributed by atoms with Gasteiger partial charge in [0.15, 0.2) is 0 Å². The van der Waals surface area contributed by atoms with Crippen molar-refractivity contribution in [2.45, 2.75) is 31.1 Å². The Balaban J connectivity index is 1.46. The molecule has 5 nitrogen and oxygen atoms in total. The van der Waals surface area contributed by atoms with Crippen LogP contribution in [0.1, 0.15) is 41.6 Å². The lowest BCUT2D eigenvalue weighted by molar-refractivity contribution is 0.0942. The van der Waals surface area contributed by atoms with Crippen LogP contribution in [0.2, 0.25) is 0 Å². The minimum atomic E-state index is -0.236. The van der Waals surface area contributed by atoms with E-state index in [-0.39, 0.29) is 17.1 Å². The zero-order valence-electron chi connectivity index (χ0n) is 14.9. The number of imidazole rings is 1. The number of halogens is 1. The molecule has 0 atom stereocenters. The van der Waals surface area contributed by atoms with Crippen molar-refractivity contribution < 1.29 is 9.18 Å². The fraction of sp³-hybridized carbons (Fsp3) is 0.286. The maximum Gasteiger partial charge on any atom is 0.252 e. The van der Waals surface area contributed by atoms with Gasteiger partial charge >= 0.3 is 0 Å². The average Bonchev–Trinajstić information content (AvgIpc) is 3.40. The van der Waals surface area contributed by atoms with Crippen molar-refractivity contribution in [3.05, 3.63) is 78.3 Å². The highest BCUT2D eigenvalue weighted by atomic mass is 19.1. The molecule has 0 radical (unpaired) electrons. The van der Waals surface area contributed by atoms with Crippen molar-refractivity contribution >= 4 is 5.91 Å². The van der Waals surface area contributed by atoms with Gasteiger partial charge < -0.3 is 5.32 Å². The standard InChI is InChI=1S/C21H21FN4O/c22-18-6-4-17(5-7-18)21(9-1-2-10-21)14-25-20(27)16-3-8-19(24-13-16)26-12-11-23-15-26/h3-8,11-13,15H,1-2,9-10,14H2,(H,25,27). The van der Waals surface area contributed by atoms with Gasteiger partial charge in [0, 0.05) is 30.6 Å². The van der Waals surface area contributed by atoms with Gasteiger partial charge in [0.2, 0.25) is 0 Å². The number of hydrogen-bond acceptors (Lipinski definition) is 3. The Morgan fingerprint density at radius 1 is 1.15 bits per heavy atom. The summed E-state index contributed by atoms with van der Waals surface area (Å²) in [6.45, 7) is 0.542. The summed E-state index contributed by atoms with van der Waals surface area (Å²) in [6, 6.07) is 10.2. The van der Waals surface area contributed by atoms with Gasteiger partial charge in [-0.2, -0.15) is 0 Å². The third-order valence-corrected chi connectivity index (χ3v) is 5.38. The van der Waals surface area contributed by atoms with Crippen molar-refractivity contribution in [3.63, 3.8) is 0 Å². The highest BCUT2D eigenvalue weighted by Crippen LogP contribution is 2.40. The van der Waals surface area contributed by atoms with Gasteiger partial charge in [-0.05, 0) is 42.7 Å². The van der Waals surface area contributed by atoms with Crippen LogP contribution in [-0.2, 0) is 5.41 Å². The first-order valence-electron chi connectivity index (χ1n) is 9.15. The molecule has 2 aromatic heterocycles. The zero-order valence-corrected chi connectivity index (χ0v) is 14.9. The van der Waals surface area contributed by atoms with Crippen molar-refractivity contribution in [1.29, 1.82) is 0 Å². The molecule has 3 aromatic rings. The molecule has 1 amide bonds. The maximum absolute atomic E-state index is 13.3. The third-order valence-electron chi connectivity index (χ3n) is 5.38. The number of rotatable bonds is 5. The van der Waals surface area contributed by atoms with E-state index >= 15 is 0 Å². The number of pyridine rings is 1. The van der Waals surface area contributed by atoms with Gasteiger partial charge in [-0.25, -0.2) is 14.4 Å². The lowest BCUT2D eigenvalue weighted by atomic mass is 9.78. The van der Waals surface area contributed by atoms with E-state index in [0.29, 0.717) is 17.9 Å². The van der Waals surface area contributed by atoms with Crippen molar-refractivity contribution in [2.75, 3.05) is 6.54 Å². The zero-order chi connectivity index (χ0) is 18.7. The van der Waals surface area contributed by atoms with Gasteiger partial charge in [-0.15, -0.1) is 0 Å². The lowest BCUT2D eigenvalue weighted by Crippen LogP contribution is -2.39. The molecule has 0 bridgehead atoms. The number of nitrogens with zero attached hydrogens (tertiary/aromatic N) is 3. The minimum absolute atomic E-state index is 0.118. The van der Waals surface area contributed by atoms with Crippen LogP contribution < -0.4 is 5.32 Å². The Morgan fingerprint density at radius 2 is 1.93 bits per heavy atom. The molecule has 0 spiro atoms. The lowest BCUT2D eigenvalue weighted by Gasteiger charge is -2.30. The molecule has 4 rings (SSSR count). The molecule has 0 saturated heterocycles. The Labute approximate surface area is 157 Å². The Morgan fingerprint density at radius 3 is 2.56 bits per heavy atom. The molecule has 0 aliphatic heterocycles. The molecule has 6 heteroatoms. The Kier molecular flexibility index (Phi) is 4.71. The van der Waals surface area contributed by atoms with Crippen molar-refractivity contribution in [1.82, 2.24) is 19.9 Å². The fourth-order valence-electron chi connectivity index (χ4n) is 3.84. The minimum Gasteiger partial charge on any atom is -0.351 e. The molecule has 27 heavy (non-hydrogen) atoms. The first-order valence-corrected chi connectivity index (χ1v) is 9.15. The van der Waals surface area contributed by atoms with Crippen LogP contribution in [0.25, 0.3) is 5.82 Å². The van der Waals surface area contributed by atoms with E-state index in [2.05, 4.69) is 15.3 Å². The maximum atomic E-state index is 13.3. The van der Waals surface area contributed by atoms with E-state index in [0.717, 1.165) is 31.2 Å². The van der Waals surface area contributed by atoms with Crippen LogP contribution in [0.5, 0.6) is 0 Å². The van der Waals surface area contributed by atoms with Crippen LogP contribution >= 0.6 is 0 Å². The highest BCUT2D eigenvalue weighted by Gasteiger charge is 2.36. The van der Waals surface area contributed by atoms with Gasteiger partial charge in [0.1, 0.15) is 18.0 Å². The summed E-state index contributed by atoms with van der Waals surface area (Å²) < 4.78 is 15.1. The van der Waals surface area contributed by atoms with Crippen molar-refractivity contribution in [2.24, 2.45) is 0 Å². The van der Waals surface area contributed by atoms with E-state index in [1.165, 1.54) is 12.1 Å². The van der Waals surface area contributed by atoms with E-state index in [1.807, 2.05) is 12.1 Å². The second-order valence-corrected chi connectivity index (χ2v) is 7.05. The summed E-state index contributed by atoms with van der Waals surface area (Å²) >= 11 is 0. The summed E-state index contributed by atoms with van der Waals surface area (Å²) in [4.78, 5) is 20.9. The van der Waals surface area contributed by atoms with Gasteiger partial charge in [0.05, 0.1) is 5.56 Å². The van der Waals surface area contributed by atoms with E-state index < -0.39 is 0 Å². The third kappa shape index (κ3) is 3.60. The van der Waals surface area contributed by atoms with E-state index in [4.69, 9.17) is 0 Å². The summed E-state index contributed by atoms with van der Waals surface area (Å²) in [5, 5.41) is 3.06. The van der Waals surface area contributed by atoms with E-state index in [1.54, 1.807) is 41.6 Å². The van der Waals surface area contributed by atoms with Crippen LogP contribution in [-0.4, -0.2) is 27.0 Å². The number of nitrogens with one attached hydrogen (secondary N) is 1. The summed E-state index contributed by atoms with van der Waals surface area (Å²) in [7, 11) is 0. The van der Waals surface area contributed by atoms with Gasteiger partial charge in [0.25, 0.3) is 5.91 Å². The first kappa shape index (κ1) is 17.4. The number of carbonyl (C=O) groups excluding carboxylic acids is 1. The molecule has 1 aromatic carbocycles. The highest BCUT2D eigenvalue weighted by molar-refractivity contribution is 5.94. The van der Waals surface area contributed by atoms with Crippen LogP contribution in [0.4, 0.5) is 4.39 Å². The number of carbonyl (C=O) groups is 1. The second kappa shape index (κ2) is 7.31. The van der Waals surface area contributed by atoms with Crippen LogP contribution in [0, 0.1) is 5.82 Å². The molecule has 0 unspecified atom stereocenters. The molecule has 1 aliphatic rings. The molecule has 1 saturated carbocycles. The molecular formula is C21H21FN4O. The Hall–Kier alpha value is -3.02. The predicted molar refractivity (Wildman–Crippen MR) is 100 cm³/mol. The molecule has 2 heterocycles. The van der Waals surface area contributed by atoms with Gasteiger partial charge in [-0.1, -0.05) is 25.0 Å². The molecule has 1 aliphatic carbocycles. The quantitative estimate of drug-likeness (QED) is 0.752. The monoisotopic (exact) mass is 364 g/mol. The molecular weight excluding hydrogens is 343 g/mol. The van der Waals surface area contributed by atoms with Crippen molar-refractivity contribution in [3.8, 4) is 5.82 Å². The number of hydrogen-bond donors (Lipinski definition) is 1. The average molecular weight is 364 g/mol. The number of aromatic nitrogens is 3. The SMILES string of the molecule is O=C(NCC1(c2ccc(F)cc2)CCCC1)c1ccc(-n2ccnc2)nc1. The van der Waals surface area contributed by atoms with Gasteiger partial charge in [-0.3, -0.25) is 9.36 Å². The van der Waals surface area contributed by atoms with Crippen LogP contribution in [0.3, 0.4) is 0 Å². The molecule has 1 fully saturated rings. The summed E-state index contributed by atoms with van der Waals surface area (Å²) in [6.07, 6.45) is 10.9. The first-order chi connectivity index (χ1) is 13.2. The topological polar surface area (TPSA) is 59.8 Å². The predicted octanol–water partition coefficient (Wildman–Crippen LogP) is 3.65. The molecule has 1 N–H and O–H groups in total. The molecule has 138 valence electrons. The fourth-order valence-corrected chi connectivity index (χ4v) is 3.84.